The fourth-order valence-corrected chi connectivity index (χ4v) is 2.15. The normalized spacial score (nSPS) is 10.2. The topological polar surface area (TPSA) is 26.3 Å². The van der Waals surface area contributed by atoms with E-state index in [-0.39, 0.29) is 0 Å². The molecule has 0 fully saturated rings. The van der Waals surface area contributed by atoms with E-state index in [9.17, 15) is 4.79 Å². The largest absolute Gasteiger partial charge is 0.496 e. The van der Waals surface area contributed by atoms with E-state index < -0.39 is 0 Å². The van der Waals surface area contributed by atoms with Gasteiger partial charge in [-0.15, -0.1) is 0 Å². The predicted octanol–water partition coefficient (Wildman–Crippen LogP) is 3.79. The minimum Gasteiger partial charge on any atom is -0.496 e. The summed E-state index contributed by atoms with van der Waals surface area (Å²) in [7, 11) is 1.64. The molecular formula is C16H16O2. The number of rotatable bonds is 3. The Morgan fingerprint density at radius 1 is 1.00 bits per heavy atom. The third-order valence-corrected chi connectivity index (χ3v) is 2.89. The van der Waals surface area contributed by atoms with Gasteiger partial charge in [0.15, 0.2) is 0 Å². The number of hydrogen-bond acceptors (Lipinski definition) is 2. The van der Waals surface area contributed by atoms with Gasteiger partial charge in [0.1, 0.15) is 12.0 Å². The predicted molar refractivity (Wildman–Crippen MR) is 73.3 cm³/mol. The quantitative estimate of drug-likeness (QED) is 0.763. The molecule has 2 heteroatoms. The van der Waals surface area contributed by atoms with Crippen molar-refractivity contribution in [1.29, 1.82) is 0 Å². The molecule has 0 saturated heterocycles. The molecule has 0 aromatic heterocycles. The number of aryl methyl sites for hydroxylation is 2. The van der Waals surface area contributed by atoms with Gasteiger partial charge in [-0.25, -0.2) is 0 Å². The van der Waals surface area contributed by atoms with E-state index in [2.05, 4.69) is 32.0 Å². The van der Waals surface area contributed by atoms with Crippen LogP contribution in [0.25, 0.3) is 11.1 Å². The summed E-state index contributed by atoms with van der Waals surface area (Å²) in [6.07, 6.45) is 0.853. The molecule has 0 N–H and O–H groups in total. The molecule has 2 aromatic rings. The van der Waals surface area contributed by atoms with E-state index in [0.29, 0.717) is 5.56 Å². The fourth-order valence-electron chi connectivity index (χ4n) is 2.15. The van der Waals surface area contributed by atoms with Gasteiger partial charge in [0.2, 0.25) is 0 Å². The van der Waals surface area contributed by atoms with Crippen LogP contribution in [0.1, 0.15) is 21.5 Å². The number of ether oxygens (including phenoxy) is 1. The van der Waals surface area contributed by atoms with E-state index in [0.717, 1.165) is 23.2 Å². The maximum atomic E-state index is 10.9. The first-order valence-electron chi connectivity index (χ1n) is 5.86. The molecule has 2 nitrogen and oxygen atoms in total. The van der Waals surface area contributed by atoms with Gasteiger partial charge in [-0.2, -0.15) is 0 Å². The second-order valence-corrected chi connectivity index (χ2v) is 4.45. The van der Waals surface area contributed by atoms with Crippen molar-refractivity contribution >= 4 is 6.29 Å². The van der Waals surface area contributed by atoms with Crippen LogP contribution in [-0.2, 0) is 0 Å². The van der Waals surface area contributed by atoms with Crippen LogP contribution in [0.5, 0.6) is 5.75 Å². The fraction of sp³-hybridized carbons (Fsp3) is 0.188. The second kappa shape index (κ2) is 5.05. The molecule has 18 heavy (non-hydrogen) atoms. The van der Waals surface area contributed by atoms with Gasteiger partial charge in [-0.05, 0) is 37.6 Å². The van der Waals surface area contributed by atoms with Crippen LogP contribution in [0.3, 0.4) is 0 Å². The molecular weight excluding hydrogens is 224 g/mol. The Balaban J connectivity index is 2.63. The van der Waals surface area contributed by atoms with Gasteiger partial charge in [-0.3, -0.25) is 4.79 Å². The van der Waals surface area contributed by atoms with Crippen LogP contribution in [0.4, 0.5) is 0 Å². The molecule has 0 aliphatic carbocycles. The molecule has 2 rings (SSSR count). The SMILES string of the molecule is COc1ccc(C=O)cc1-c1cc(C)cc(C)c1. The van der Waals surface area contributed by atoms with Crippen LogP contribution < -0.4 is 4.74 Å². The molecule has 92 valence electrons. The zero-order valence-corrected chi connectivity index (χ0v) is 10.9. The first-order chi connectivity index (χ1) is 8.63. The monoisotopic (exact) mass is 240 g/mol. The first-order valence-corrected chi connectivity index (χ1v) is 5.86. The Hall–Kier alpha value is -2.09. The smallest absolute Gasteiger partial charge is 0.150 e. The summed E-state index contributed by atoms with van der Waals surface area (Å²) < 4.78 is 5.36. The van der Waals surface area contributed by atoms with Crippen molar-refractivity contribution in [3.8, 4) is 16.9 Å². The average Bonchev–Trinajstić information content (AvgIpc) is 2.36. The van der Waals surface area contributed by atoms with Crippen molar-refractivity contribution < 1.29 is 9.53 Å². The van der Waals surface area contributed by atoms with E-state index in [1.165, 1.54) is 11.1 Å². The summed E-state index contributed by atoms with van der Waals surface area (Å²) in [6.45, 7) is 4.12. The Bertz CT molecular complexity index is 565. The van der Waals surface area contributed by atoms with E-state index >= 15 is 0 Å². The van der Waals surface area contributed by atoms with E-state index in [1.807, 2.05) is 12.1 Å². The average molecular weight is 240 g/mol. The summed E-state index contributed by atoms with van der Waals surface area (Å²) in [5.41, 5.74) is 5.08. The molecule has 0 spiro atoms. The molecule has 0 atom stereocenters. The summed E-state index contributed by atoms with van der Waals surface area (Å²) in [5, 5.41) is 0. The molecule has 0 saturated carbocycles. The summed E-state index contributed by atoms with van der Waals surface area (Å²) >= 11 is 0. The van der Waals surface area contributed by atoms with Crippen molar-refractivity contribution in [2.75, 3.05) is 7.11 Å². The molecule has 2 aromatic carbocycles. The molecule has 0 bridgehead atoms. The molecule has 0 aliphatic heterocycles. The van der Waals surface area contributed by atoms with Crippen LogP contribution >= 0.6 is 0 Å². The van der Waals surface area contributed by atoms with Crippen molar-refractivity contribution in [1.82, 2.24) is 0 Å². The zero-order chi connectivity index (χ0) is 13.1. The van der Waals surface area contributed by atoms with Gasteiger partial charge in [0.25, 0.3) is 0 Å². The number of methoxy groups -OCH3 is 1. The highest BCUT2D eigenvalue weighted by molar-refractivity contribution is 5.81. The Morgan fingerprint density at radius 2 is 1.67 bits per heavy atom. The molecule has 0 amide bonds. The Kier molecular flexibility index (Phi) is 3.47. The molecule has 0 aliphatic rings. The molecule has 0 radical (unpaired) electrons. The lowest BCUT2D eigenvalue weighted by molar-refractivity contribution is 0.112. The highest BCUT2D eigenvalue weighted by atomic mass is 16.5. The third-order valence-electron chi connectivity index (χ3n) is 2.89. The van der Waals surface area contributed by atoms with Crippen LogP contribution in [0.15, 0.2) is 36.4 Å². The van der Waals surface area contributed by atoms with Gasteiger partial charge in [-0.1, -0.05) is 29.3 Å². The summed E-state index contributed by atoms with van der Waals surface area (Å²) in [4.78, 5) is 10.9. The lowest BCUT2D eigenvalue weighted by Gasteiger charge is -2.11. The third kappa shape index (κ3) is 2.43. The summed E-state index contributed by atoms with van der Waals surface area (Å²) in [6, 6.07) is 11.8. The summed E-state index contributed by atoms with van der Waals surface area (Å²) in [5.74, 6) is 0.783. The van der Waals surface area contributed by atoms with Crippen molar-refractivity contribution in [2.45, 2.75) is 13.8 Å². The van der Waals surface area contributed by atoms with Gasteiger partial charge >= 0.3 is 0 Å². The van der Waals surface area contributed by atoms with Gasteiger partial charge in [0.05, 0.1) is 7.11 Å². The number of benzene rings is 2. The number of carbonyl (C=O) groups is 1. The lowest BCUT2D eigenvalue weighted by atomic mass is 9.98. The van der Waals surface area contributed by atoms with Crippen LogP contribution in [-0.4, -0.2) is 13.4 Å². The van der Waals surface area contributed by atoms with E-state index in [1.54, 1.807) is 13.2 Å². The Labute approximate surface area is 107 Å². The van der Waals surface area contributed by atoms with Crippen LogP contribution in [0.2, 0.25) is 0 Å². The van der Waals surface area contributed by atoms with Gasteiger partial charge in [0, 0.05) is 11.1 Å². The number of hydrogen-bond donors (Lipinski definition) is 0. The minimum absolute atomic E-state index is 0.657. The Morgan fingerprint density at radius 3 is 2.22 bits per heavy atom. The maximum Gasteiger partial charge on any atom is 0.150 e. The highest BCUT2D eigenvalue weighted by Gasteiger charge is 2.08. The number of carbonyl (C=O) groups excluding carboxylic acids is 1. The standard InChI is InChI=1S/C16H16O2/c1-11-6-12(2)8-14(7-11)15-9-13(10-17)4-5-16(15)18-3/h4-10H,1-3H3. The lowest BCUT2D eigenvalue weighted by Crippen LogP contribution is -1.91. The van der Waals surface area contributed by atoms with Crippen molar-refractivity contribution in [2.24, 2.45) is 0 Å². The molecule has 0 heterocycles. The zero-order valence-electron chi connectivity index (χ0n) is 10.9. The first kappa shape index (κ1) is 12.4. The van der Waals surface area contributed by atoms with Gasteiger partial charge < -0.3 is 4.74 Å². The van der Waals surface area contributed by atoms with Crippen LogP contribution in [0, 0.1) is 13.8 Å². The van der Waals surface area contributed by atoms with Crippen molar-refractivity contribution in [3.05, 3.63) is 53.1 Å². The maximum absolute atomic E-state index is 10.9. The molecule has 0 unspecified atom stereocenters. The van der Waals surface area contributed by atoms with Crippen molar-refractivity contribution in [3.63, 3.8) is 0 Å². The second-order valence-electron chi connectivity index (χ2n) is 4.45. The highest BCUT2D eigenvalue weighted by Crippen LogP contribution is 2.31. The minimum atomic E-state index is 0.657. The van der Waals surface area contributed by atoms with E-state index in [4.69, 9.17) is 4.74 Å². The number of aldehydes is 1.